The molecule has 4 aromatic rings. The van der Waals surface area contributed by atoms with Crippen LogP contribution in [0.3, 0.4) is 0 Å². The Hall–Kier alpha value is -4.38. The van der Waals surface area contributed by atoms with E-state index in [1.54, 1.807) is 6.20 Å². The zero-order valence-electron chi connectivity index (χ0n) is 21.4. The molecule has 186 valence electrons. The summed E-state index contributed by atoms with van der Waals surface area (Å²) in [4.78, 5) is 6.70. The summed E-state index contributed by atoms with van der Waals surface area (Å²) >= 11 is 0. The lowest BCUT2D eigenvalue weighted by Crippen LogP contribution is -2.21. The number of hydrogen-bond acceptors (Lipinski definition) is 4. The molecule has 0 atom stereocenters. The van der Waals surface area contributed by atoms with E-state index in [1.165, 1.54) is 16.7 Å². The van der Waals surface area contributed by atoms with E-state index in [4.69, 9.17) is 4.74 Å². The van der Waals surface area contributed by atoms with Crippen LogP contribution in [0, 0.1) is 0 Å². The van der Waals surface area contributed by atoms with Crippen molar-refractivity contribution in [3.63, 3.8) is 0 Å². The Morgan fingerprint density at radius 1 is 0.946 bits per heavy atom. The first-order chi connectivity index (χ1) is 18.2. The van der Waals surface area contributed by atoms with Crippen molar-refractivity contribution in [2.45, 2.75) is 26.9 Å². The second kappa shape index (κ2) is 11.6. The van der Waals surface area contributed by atoms with Gasteiger partial charge < -0.3 is 9.64 Å². The number of anilines is 1. The summed E-state index contributed by atoms with van der Waals surface area (Å²) < 4.78 is 6.23. The van der Waals surface area contributed by atoms with Crippen LogP contribution in [0.5, 0.6) is 5.75 Å². The lowest BCUT2D eigenvalue weighted by Gasteiger charge is -2.22. The Balaban J connectivity index is 1.32. The molecule has 0 bridgehead atoms. The van der Waals surface area contributed by atoms with Gasteiger partial charge in [-0.05, 0) is 85.5 Å². The maximum absolute atomic E-state index is 6.23. The molecule has 2 aromatic carbocycles. The number of aromatic amines is 1. The van der Waals surface area contributed by atoms with Crippen molar-refractivity contribution in [1.29, 1.82) is 0 Å². The minimum atomic E-state index is 0.418. The van der Waals surface area contributed by atoms with Gasteiger partial charge in [-0.2, -0.15) is 5.10 Å². The molecule has 0 radical (unpaired) electrons. The minimum absolute atomic E-state index is 0.418. The van der Waals surface area contributed by atoms with E-state index in [1.807, 2.05) is 36.4 Å². The fourth-order valence-electron chi connectivity index (χ4n) is 4.47. The summed E-state index contributed by atoms with van der Waals surface area (Å²) in [7, 11) is 0. The Morgan fingerprint density at radius 2 is 1.86 bits per heavy atom. The quantitative estimate of drug-likeness (QED) is 0.258. The summed E-state index contributed by atoms with van der Waals surface area (Å²) in [6.07, 6.45) is 15.4. The van der Waals surface area contributed by atoms with Crippen molar-refractivity contribution in [2.24, 2.45) is 0 Å². The summed E-state index contributed by atoms with van der Waals surface area (Å²) in [5.74, 6) is 0.831. The number of allylic oxidation sites excluding steroid dienone is 1. The van der Waals surface area contributed by atoms with Crippen LogP contribution >= 0.6 is 0 Å². The predicted octanol–water partition coefficient (Wildman–Crippen LogP) is 7.14. The first kappa shape index (κ1) is 24.3. The second-order valence-corrected chi connectivity index (χ2v) is 8.98. The molecule has 0 amide bonds. The van der Waals surface area contributed by atoms with Crippen molar-refractivity contribution in [2.75, 3.05) is 18.0 Å². The molecule has 37 heavy (non-hydrogen) atoms. The number of pyridine rings is 1. The molecule has 0 spiro atoms. The molecule has 1 aliphatic carbocycles. The minimum Gasteiger partial charge on any atom is -0.487 e. The van der Waals surface area contributed by atoms with Gasteiger partial charge in [0.15, 0.2) is 0 Å². The van der Waals surface area contributed by atoms with Crippen LogP contribution in [-0.2, 0) is 13.0 Å². The highest BCUT2D eigenvalue weighted by Gasteiger charge is 2.09. The standard InChI is InChI=1S/C32H32N4O/c1-3-36(4-2)31-18-15-26(32(22-31)37-23-30-10-5-6-19-33-30)14-17-29-21-28(34-35-29)16-12-24-11-13-25-8-7-9-27(25)20-24/h5-8,10-22H,3-4,9,23H2,1-2H3,(H,34,35)/b16-12+,17-14+. The number of benzene rings is 2. The molecule has 5 nitrogen and oxygen atoms in total. The third-order valence-corrected chi connectivity index (χ3v) is 6.54. The number of aromatic nitrogens is 3. The number of hydrogen-bond donors (Lipinski definition) is 1. The van der Waals surface area contributed by atoms with E-state index in [2.05, 4.69) is 94.6 Å². The van der Waals surface area contributed by atoms with Crippen LogP contribution in [0.25, 0.3) is 30.4 Å². The van der Waals surface area contributed by atoms with Gasteiger partial charge in [-0.25, -0.2) is 0 Å². The number of rotatable bonds is 10. The highest BCUT2D eigenvalue weighted by Crippen LogP contribution is 2.28. The third-order valence-electron chi connectivity index (χ3n) is 6.54. The van der Waals surface area contributed by atoms with Crippen LogP contribution in [0.15, 0.2) is 72.9 Å². The van der Waals surface area contributed by atoms with Gasteiger partial charge in [0.25, 0.3) is 0 Å². The van der Waals surface area contributed by atoms with Crippen molar-refractivity contribution in [1.82, 2.24) is 15.2 Å². The van der Waals surface area contributed by atoms with Gasteiger partial charge >= 0.3 is 0 Å². The van der Waals surface area contributed by atoms with Crippen molar-refractivity contribution >= 4 is 36.1 Å². The summed E-state index contributed by atoms with van der Waals surface area (Å²) in [6.45, 7) is 6.63. The van der Waals surface area contributed by atoms with Gasteiger partial charge in [0.1, 0.15) is 12.4 Å². The Kier molecular flexibility index (Phi) is 7.60. The molecule has 0 saturated heterocycles. The monoisotopic (exact) mass is 488 g/mol. The molecular formula is C32H32N4O. The largest absolute Gasteiger partial charge is 0.487 e. The van der Waals surface area contributed by atoms with Crippen LogP contribution in [0.2, 0.25) is 0 Å². The van der Waals surface area contributed by atoms with Crippen molar-refractivity contribution in [3.8, 4) is 5.75 Å². The molecule has 1 N–H and O–H groups in total. The normalized spacial score (nSPS) is 12.5. The summed E-state index contributed by atoms with van der Waals surface area (Å²) in [5, 5.41) is 7.57. The third kappa shape index (κ3) is 6.07. The van der Waals surface area contributed by atoms with Gasteiger partial charge in [-0.15, -0.1) is 0 Å². The fraction of sp³-hybridized carbons (Fsp3) is 0.188. The summed E-state index contributed by atoms with van der Waals surface area (Å²) in [5.41, 5.74) is 8.75. The smallest absolute Gasteiger partial charge is 0.130 e. The maximum atomic E-state index is 6.23. The Morgan fingerprint density at radius 3 is 2.70 bits per heavy atom. The number of ether oxygens (including phenoxy) is 1. The van der Waals surface area contributed by atoms with Gasteiger partial charge in [0.2, 0.25) is 0 Å². The lowest BCUT2D eigenvalue weighted by molar-refractivity contribution is 0.301. The number of nitrogens with one attached hydrogen (secondary N) is 1. The molecule has 2 aromatic heterocycles. The van der Waals surface area contributed by atoms with E-state index < -0.39 is 0 Å². The first-order valence-electron chi connectivity index (χ1n) is 12.8. The van der Waals surface area contributed by atoms with Crippen molar-refractivity contribution in [3.05, 3.63) is 112 Å². The Labute approximate surface area is 218 Å². The molecule has 0 saturated carbocycles. The Bertz CT molecular complexity index is 1430. The van der Waals surface area contributed by atoms with E-state index in [-0.39, 0.29) is 0 Å². The average Bonchev–Trinajstić information content (AvgIpc) is 3.60. The highest BCUT2D eigenvalue weighted by atomic mass is 16.5. The molecule has 5 heteroatoms. The predicted molar refractivity (Wildman–Crippen MR) is 154 cm³/mol. The molecular weight excluding hydrogens is 456 g/mol. The van der Waals surface area contributed by atoms with Crippen LogP contribution in [-0.4, -0.2) is 28.3 Å². The number of fused-ring (bicyclic) bond motifs is 1. The summed E-state index contributed by atoms with van der Waals surface area (Å²) in [6, 6.07) is 20.8. The van der Waals surface area contributed by atoms with Crippen LogP contribution < -0.4 is 9.64 Å². The first-order valence-corrected chi connectivity index (χ1v) is 12.8. The van der Waals surface area contributed by atoms with E-state index in [9.17, 15) is 0 Å². The van der Waals surface area contributed by atoms with Crippen molar-refractivity contribution < 1.29 is 4.74 Å². The van der Waals surface area contributed by atoms with Gasteiger partial charge in [-0.1, -0.05) is 42.5 Å². The van der Waals surface area contributed by atoms with Gasteiger partial charge in [-0.3, -0.25) is 10.1 Å². The van der Waals surface area contributed by atoms with E-state index in [0.717, 1.165) is 53.6 Å². The average molecular weight is 489 g/mol. The maximum Gasteiger partial charge on any atom is 0.130 e. The second-order valence-electron chi connectivity index (χ2n) is 8.98. The fourth-order valence-corrected chi connectivity index (χ4v) is 4.47. The van der Waals surface area contributed by atoms with Gasteiger partial charge in [0.05, 0.1) is 17.1 Å². The molecule has 0 fully saturated rings. The SMILES string of the molecule is CCN(CC)c1ccc(/C=C/c2cc(/C=C/c3ccc4c(c3)CC=C4)n[nH]2)c(OCc2ccccn2)c1. The van der Waals surface area contributed by atoms with Crippen LogP contribution in [0.4, 0.5) is 5.69 Å². The van der Waals surface area contributed by atoms with Crippen LogP contribution in [0.1, 0.15) is 53.2 Å². The zero-order valence-corrected chi connectivity index (χ0v) is 21.4. The van der Waals surface area contributed by atoms with Gasteiger partial charge in [0, 0.05) is 36.6 Å². The molecule has 0 unspecified atom stereocenters. The lowest BCUT2D eigenvalue weighted by atomic mass is 10.1. The number of H-pyrrole nitrogens is 1. The topological polar surface area (TPSA) is 54.0 Å². The molecule has 1 aliphatic rings. The number of nitrogens with zero attached hydrogens (tertiary/aromatic N) is 3. The highest BCUT2D eigenvalue weighted by molar-refractivity contribution is 5.75. The molecule has 2 heterocycles. The van der Waals surface area contributed by atoms with E-state index >= 15 is 0 Å². The molecule has 5 rings (SSSR count). The zero-order chi connectivity index (χ0) is 25.5. The molecule has 0 aliphatic heterocycles. The van der Waals surface area contributed by atoms with E-state index in [0.29, 0.717) is 6.61 Å².